The summed E-state index contributed by atoms with van der Waals surface area (Å²) in [6.45, 7) is 4.22. The van der Waals surface area contributed by atoms with Crippen LogP contribution in [0, 0.1) is 13.8 Å². The van der Waals surface area contributed by atoms with Crippen LogP contribution in [-0.4, -0.2) is 11.0 Å². The molecule has 1 aromatic heterocycles. The summed E-state index contributed by atoms with van der Waals surface area (Å²) in [6, 6.07) is 12.7. The highest BCUT2D eigenvalue weighted by atomic mass is 32.1. The van der Waals surface area contributed by atoms with Crippen molar-refractivity contribution < 1.29 is 9.53 Å². The first kappa shape index (κ1) is 18.8. The molecule has 0 spiro atoms. The van der Waals surface area contributed by atoms with Crippen LogP contribution >= 0.6 is 11.3 Å². The maximum atomic E-state index is 11.8. The molecule has 0 aliphatic heterocycles. The first-order valence-electron chi connectivity index (χ1n) is 8.29. The molecule has 2 aromatic carbocycles. The standard InChI is InChI=1S/C19H21N5O2S/c1-12-5-3-8-17(24(21)19(25)23-20)16(12)11-26-15-7-4-6-14(9-15)18-22-10-13(2)27-18/h3-10H,11,20-21H2,1-2H3,(H,23,25). The van der Waals surface area contributed by atoms with Gasteiger partial charge in [-0.15, -0.1) is 11.3 Å². The Balaban J connectivity index is 1.82. The van der Waals surface area contributed by atoms with Crippen molar-refractivity contribution in [3.63, 3.8) is 0 Å². The summed E-state index contributed by atoms with van der Waals surface area (Å²) in [4.78, 5) is 17.3. The van der Waals surface area contributed by atoms with E-state index in [1.807, 2.05) is 61.9 Å². The van der Waals surface area contributed by atoms with Crippen molar-refractivity contribution in [2.75, 3.05) is 5.01 Å². The molecule has 0 aliphatic rings. The molecule has 2 amide bonds. The molecule has 5 N–H and O–H groups in total. The number of benzene rings is 2. The Morgan fingerprint density at radius 1 is 1.26 bits per heavy atom. The number of aromatic nitrogens is 1. The van der Waals surface area contributed by atoms with Gasteiger partial charge in [0.15, 0.2) is 0 Å². The van der Waals surface area contributed by atoms with Crippen LogP contribution in [0.5, 0.6) is 5.75 Å². The fraction of sp³-hybridized carbons (Fsp3) is 0.158. The molecule has 0 atom stereocenters. The Bertz CT molecular complexity index is 957. The average molecular weight is 383 g/mol. The van der Waals surface area contributed by atoms with Gasteiger partial charge in [0.25, 0.3) is 0 Å². The maximum absolute atomic E-state index is 11.8. The van der Waals surface area contributed by atoms with E-state index in [9.17, 15) is 4.79 Å². The average Bonchev–Trinajstić information content (AvgIpc) is 3.12. The zero-order valence-electron chi connectivity index (χ0n) is 15.1. The normalized spacial score (nSPS) is 10.5. The van der Waals surface area contributed by atoms with Gasteiger partial charge < -0.3 is 4.74 Å². The molecular weight excluding hydrogens is 362 g/mol. The number of nitrogens with two attached hydrogens (primary N) is 2. The smallest absolute Gasteiger partial charge is 0.350 e. The van der Waals surface area contributed by atoms with Crippen LogP contribution in [0.3, 0.4) is 0 Å². The van der Waals surface area contributed by atoms with Crippen LogP contribution in [0.15, 0.2) is 48.7 Å². The second-order valence-corrected chi connectivity index (χ2v) is 7.22. The molecule has 27 heavy (non-hydrogen) atoms. The van der Waals surface area contributed by atoms with Crippen LogP contribution in [0.2, 0.25) is 0 Å². The highest BCUT2D eigenvalue weighted by Gasteiger charge is 2.16. The Kier molecular flexibility index (Phi) is 5.70. The second kappa shape index (κ2) is 8.17. The van der Waals surface area contributed by atoms with E-state index in [0.29, 0.717) is 11.4 Å². The van der Waals surface area contributed by atoms with Crippen LogP contribution < -0.4 is 26.9 Å². The van der Waals surface area contributed by atoms with Crippen LogP contribution in [0.1, 0.15) is 16.0 Å². The van der Waals surface area contributed by atoms with Gasteiger partial charge >= 0.3 is 6.03 Å². The number of rotatable bonds is 5. The zero-order valence-corrected chi connectivity index (χ0v) is 15.9. The van der Waals surface area contributed by atoms with E-state index in [1.54, 1.807) is 17.4 Å². The number of nitrogens with zero attached hydrogens (tertiary/aromatic N) is 2. The largest absolute Gasteiger partial charge is 0.489 e. The molecule has 8 heteroatoms. The number of hydrogen-bond acceptors (Lipinski definition) is 6. The lowest BCUT2D eigenvalue weighted by molar-refractivity contribution is 0.246. The van der Waals surface area contributed by atoms with Crippen molar-refractivity contribution in [1.29, 1.82) is 0 Å². The summed E-state index contributed by atoms with van der Waals surface area (Å²) in [5, 5.41) is 1.92. The zero-order chi connectivity index (χ0) is 19.4. The minimum absolute atomic E-state index is 0.258. The summed E-state index contributed by atoms with van der Waals surface area (Å²) in [5.41, 5.74) is 5.32. The summed E-state index contributed by atoms with van der Waals surface area (Å²) in [7, 11) is 0. The third-order valence-corrected chi connectivity index (χ3v) is 5.03. The Labute approximate surface area is 161 Å². The number of ether oxygens (including phenoxy) is 1. The summed E-state index contributed by atoms with van der Waals surface area (Å²) < 4.78 is 5.98. The molecule has 7 nitrogen and oxygen atoms in total. The molecule has 0 aliphatic carbocycles. The van der Waals surface area contributed by atoms with E-state index >= 15 is 0 Å². The van der Waals surface area contributed by atoms with Gasteiger partial charge in [-0.3, -0.25) is 5.43 Å². The predicted molar refractivity (Wildman–Crippen MR) is 107 cm³/mol. The van der Waals surface area contributed by atoms with Crippen molar-refractivity contribution in [1.82, 2.24) is 10.4 Å². The topological polar surface area (TPSA) is 106 Å². The lowest BCUT2D eigenvalue weighted by atomic mass is 10.1. The van der Waals surface area contributed by atoms with Gasteiger partial charge in [-0.05, 0) is 37.6 Å². The quantitative estimate of drug-likeness (QED) is 0.356. The first-order chi connectivity index (χ1) is 13.0. The molecule has 0 unspecified atom stereocenters. The fourth-order valence-electron chi connectivity index (χ4n) is 2.64. The Morgan fingerprint density at radius 3 is 2.74 bits per heavy atom. The molecule has 3 rings (SSSR count). The summed E-state index contributed by atoms with van der Waals surface area (Å²) in [6.07, 6.45) is 1.85. The van der Waals surface area contributed by atoms with E-state index in [4.69, 9.17) is 16.4 Å². The van der Waals surface area contributed by atoms with E-state index < -0.39 is 6.03 Å². The number of amides is 2. The third-order valence-electron chi connectivity index (χ3n) is 4.07. The van der Waals surface area contributed by atoms with Crippen LogP contribution in [0.4, 0.5) is 10.5 Å². The number of aryl methyl sites for hydroxylation is 2. The molecular formula is C19H21N5O2S. The number of carbonyl (C=O) groups excluding carboxylic acids is 1. The number of hydrazine groups is 2. The van der Waals surface area contributed by atoms with Gasteiger partial charge in [0.1, 0.15) is 17.4 Å². The Hall–Kier alpha value is -2.94. The van der Waals surface area contributed by atoms with Crippen molar-refractivity contribution in [3.05, 3.63) is 64.7 Å². The van der Waals surface area contributed by atoms with Crippen molar-refractivity contribution in [2.45, 2.75) is 20.5 Å². The number of carbonyl (C=O) groups is 1. The van der Waals surface area contributed by atoms with Gasteiger partial charge in [0.05, 0.1) is 5.69 Å². The monoisotopic (exact) mass is 383 g/mol. The van der Waals surface area contributed by atoms with Crippen molar-refractivity contribution >= 4 is 23.1 Å². The van der Waals surface area contributed by atoms with Gasteiger partial charge in [0.2, 0.25) is 0 Å². The molecule has 0 radical (unpaired) electrons. The maximum Gasteiger partial charge on any atom is 0.350 e. The SMILES string of the molecule is Cc1cnc(-c2cccc(OCc3c(C)cccc3N(N)C(=O)NN)c2)s1. The first-order valence-corrected chi connectivity index (χ1v) is 9.11. The van der Waals surface area contributed by atoms with Gasteiger partial charge in [-0.25, -0.2) is 26.5 Å². The van der Waals surface area contributed by atoms with Gasteiger partial charge in [-0.2, -0.15) is 0 Å². The predicted octanol–water partition coefficient (Wildman–Crippen LogP) is 3.27. The third kappa shape index (κ3) is 4.25. The lowest BCUT2D eigenvalue weighted by Gasteiger charge is -2.21. The summed E-state index contributed by atoms with van der Waals surface area (Å²) >= 11 is 1.63. The van der Waals surface area contributed by atoms with E-state index in [-0.39, 0.29) is 6.61 Å². The van der Waals surface area contributed by atoms with E-state index in [2.05, 4.69) is 4.98 Å². The van der Waals surface area contributed by atoms with Crippen molar-refractivity contribution in [2.24, 2.45) is 11.7 Å². The van der Waals surface area contributed by atoms with Crippen molar-refractivity contribution in [3.8, 4) is 16.3 Å². The molecule has 1 heterocycles. The van der Waals surface area contributed by atoms with Crippen LogP contribution in [0.25, 0.3) is 10.6 Å². The molecule has 0 fully saturated rings. The molecule has 3 aromatic rings. The summed E-state index contributed by atoms with van der Waals surface area (Å²) in [5.74, 6) is 11.8. The number of nitrogens with one attached hydrogen (secondary N) is 1. The molecule has 140 valence electrons. The number of thiazole rings is 1. The second-order valence-electron chi connectivity index (χ2n) is 5.98. The number of hydrogen-bond donors (Lipinski definition) is 3. The minimum Gasteiger partial charge on any atom is -0.489 e. The highest BCUT2D eigenvalue weighted by Crippen LogP contribution is 2.29. The van der Waals surface area contributed by atoms with E-state index in [1.165, 1.54) is 0 Å². The van der Waals surface area contributed by atoms with Crippen LogP contribution in [-0.2, 0) is 6.61 Å². The molecule has 0 saturated heterocycles. The molecule has 0 saturated carbocycles. The molecule has 0 bridgehead atoms. The van der Waals surface area contributed by atoms with Gasteiger partial charge in [-0.1, -0.05) is 24.3 Å². The number of anilines is 1. The highest BCUT2D eigenvalue weighted by molar-refractivity contribution is 7.14. The Morgan fingerprint density at radius 2 is 2.04 bits per heavy atom. The fourth-order valence-corrected chi connectivity index (χ4v) is 3.40. The van der Waals surface area contributed by atoms with E-state index in [0.717, 1.165) is 31.6 Å². The number of urea groups is 1. The van der Waals surface area contributed by atoms with Gasteiger partial charge in [0, 0.05) is 22.2 Å². The minimum atomic E-state index is -0.608. The lowest BCUT2D eigenvalue weighted by Crippen LogP contribution is -2.48.